The van der Waals surface area contributed by atoms with Crippen LogP contribution >= 0.6 is 23.2 Å². The summed E-state index contributed by atoms with van der Waals surface area (Å²) < 4.78 is 29.4. The van der Waals surface area contributed by atoms with E-state index in [9.17, 15) is 18.0 Å². The van der Waals surface area contributed by atoms with Gasteiger partial charge < -0.3 is 10.2 Å². The normalized spacial score (nSPS) is 12.0. The second kappa shape index (κ2) is 14.3. The Hall–Kier alpha value is -3.85. The van der Waals surface area contributed by atoms with Crippen LogP contribution in [0.5, 0.6) is 0 Å². The predicted octanol–water partition coefficient (Wildman–Crippen LogP) is 6.50. The molecule has 10 heteroatoms. The summed E-state index contributed by atoms with van der Waals surface area (Å²) in [6.07, 6.45) is 0.210. The van der Waals surface area contributed by atoms with Crippen LogP contribution in [0.3, 0.4) is 0 Å². The largest absolute Gasteiger partial charge is 0.357 e. The van der Waals surface area contributed by atoms with E-state index in [2.05, 4.69) is 5.32 Å². The van der Waals surface area contributed by atoms with Crippen molar-refractivity contribution in [2.75, 3.05) is 17.9 Å². The fourth-order valence-corrected chi connectivity index (χ4v) is 6.53. The fraction of sp³-hybridized carbons (Fsp3) is 0.235. The highest BCUT2D eigenvalue weighted by Gasteiger charge is 2.34. The van der Waals surface area contributed by atoms with E-state index in [-0.39, 0.29) is 23.8 Å². The molecule has 44 heavy (non-hydrogen) atoms. The summed E-state index contributed by atoms with van der Waals surface area (Å²) in [5, 5.41) is 3.33. The van der Waals surface area contributed by atoms with Crippen molar-refractivity contribution >= 4 is 50.7 Å². The maximum atomic E-state index is 14.4. The van der Waals surface area contributed by atoms with Gasteiger partial charge in [-0.3, -0.25) is 13.9 Å². The molecule has 0 bridgehead atoms. The molecule has 4 rings (SSSR count). The quantitative estimate of drug-likeness (QED) is 0.201. The van der Waals surface area contributed by atoms with Gasteiger partial charge >= 0.3 is 0 Å². The number of nitrogens with zero attached hydrogens (tertiary/aromatic N) is 2. The predicted molar refractivity (Wildman–Crippen MR) is 177 cm³/mol. The van der Waals surface area contributed by atoms with Gasteiger partial charge in [-0.05, 0) is 79.4 Å². The van der Waals surface area contributed by atoms with Gasteiger partial charge in [0, 0.05) is 20.0 Å². The highest BCUT2D eigenvalue weighted by Crippen LogP contribution is 2.28. The molecular weight excluding hydrogens is 617 g/mol. The van der Waals surface area contributed by atoms with Crippen molar-refractivity contribution in [2.24, 2.45) is 0 Å². The Balaban J connectivity index is 1.81. The number of carbonyl (C=O) groups excluding carboxylic acids is 2. The highest BCUT2D eigenvalue weighted by molar-refractivity contribution is 7.92. The first-order valence-corrected chi connectivity index (χ1v) is 16.3. The standard InChI is InChI=1S/C34H35Cl2N3O4S/c1-23-10-15-29(16-11-23)44(42,43)39(28-14-12-24(2)25(3)18-28)22-33(40)38(21-27-13-17-30(35)31(36)19-27)32(34(41)37-4)20-26-8-6-5-7-9-26/h5-19,32H,20-22H2,1-4H3,(H,37,41). The Morgan fingerprint density at radius 1 is 0.795 bits per heavy atom. The topological polar surface area (TPSA) is 86.8 Å². The molecule has 7 nitrogen and oxygen atoms in total. The Bertz CT molecular complexity index is 1750. The lowest BCUT2D eigenvalue weighted by Gasteiger charge is -2.33. The number of sulfonamides is 1. The molecule has 2 amide bonds. The van der Waals surface area contributed by atoms with Gasteiger partial charge in [0.1, 0.15) is 12.6 Å². The van der Waals surface area contributed by atoms with E-state index in [1.807, 2.05) is 57.2 Å². The van der Waals surface area contributed by atoms with Gasteiger partial charge in [-0.25, -0.2) is 8.42 Å². The third kappa shape index (κ3) is 7.80. The average molecular weight is 653 g/mol. The first kappa shape index (κ1) is 33.1. The van der Waals surface area contributed by atoms with E-state index in [0.717, 1.165) is 26.6 Å². The zero-order chi connectivity index (χ0) is 32.0. The molecule has 0 aliphatic carbocycles. The first-order chi connectivity index (χ1) is 20.9. The van der Waals surface area contributed by atoms with Crippen LogP contribution < -0.4 is 9.62 Å². The van der Waals surface area contributed by atoms with E-state index in [0.29, 0.717) is 21.3 Å². The van der Waals surface area contributed by atoms with Crippen molar-refractivity contribution in [1.82, 2.24) is 10.2 Å². The first-order valence-electron chi connectivity index (χ1n) is 14.1. The van der Waals surface area contributed by atoms with E-state index >= 15 is 0 Å². The molecule has 4 aromatic rings. The second-order valence-corrected chi connectivity index (χ2v) is 13.4. The van der Waals surface area contributed by atoms with Crippen LogP contribution in [0.4, 0.5) is 5.69 Å². The molecule has 0 radical (unpaired) electrons. The SMILES string of the molecule is CNC(=O)C(Cc1ccccc1)N(Cc1ccc(Cl)c(Cl)c1)C(=O)CN(c1ccc(C)c(C)c1)S(=O)(=O)c1ccc(C)cc1. The van der Waals surface area contributed by atoms with Gasteiger partial charge in [-0.15, -0.1) is 0 Å². The lowest BCUT2D eigenvalue weighted by molar-refractivity contribution is -0.139. The number of hydrogen-bond donors (Lipinski definition) is 1. The minimum Gasteiger partial charge on any atom is -0.357 e. The number of carbonyl (C=O) groups is 2. The van der Waals surface area contributed by atoms with Crippen LogP contribution in [0.1, 0.15) is 27.8 Å². The minimum atomic E-state index is -4.18. The van der Waals surface area contributed by atoms with E-state index < -0.39 is 28.5 Å². The van der Waals surface area contributed by atoms with Gasteiger partial charge in [-0.2, -0.15) is 0 Å². The second-order valence-electron chi connectivity index (χ2n) is 10.7. The van der Waals surface area contributed by atoms with Crippen molar-refractivity contribution in [2.45, 2.75) is 44.7 Å². The third-order valence-electron chi connectivity index (χ3n) is 7.52. The van der Waals surface area contributed by atoms with Crippen molar-refractivity contribution in [3.05, 3.63) is 129 Å². The molecule has 0 aromatic heterocycles. The van der Waals surface area contributed by atoms with Crippen molar-refractivity contribution in [3.63, 3.8) is 0 Å². The van der Waals surface area contributed by atoms with Gasteiger partial charge in [0.05, 0.1) is 20.6 Å². The van der Waals surface area contributed by atoms with Gasteiger partial charge in [-0.1, -0.05) is 83.4 Å². The molecule has 1 unspecified atom stereocenters. The van der Waals surface area contributed by atoms with E-state index in [1.54, 1.807) is 42.5 Å². The zero-order valence-corrected chi connectivity index (χ0v) is 27.4. The Labute approximate surface area is 269 Å². The minimum absolute atomic E-state index is 0.00795. The number of benzene rings is 4. The summed E-state index contributed by atoms with van der Waals surface area (Å²) in [6, 6.07) is 25.1. The molecular formula is C34H35Cl2N3O4S. The molecule has 0 saturated heterocycles. The van der Waals surface area contributed by atoms with Gasteiger partial charge in [0.2, 0.25) is 11.8 Å². The molecule has 4 aromatic carbocycles. The van der Waals surface area contributed by atoms with Crippen LogP contribution in [-0.2, 0) is 32.6 Å². The number of aryl methyl sites for hydroxylation is 3. The fourth-order valence-electron chi connectivity index (χ4n) is 4.80. The summed E-state index contributed by atoms with van der Waals surface area (Å²) in [6.45, 7) is 5.14. The Morgan fingerprint density at radius 2 is 1.48 bits per heavy atom. The number of amides is 2. The molecule has 0 spiro atoms. The van der Waals surface area contributed by atoms with Crippen LogP contribution in [0.15, 0.2) is 95.9 Å². The van der Waals surface area contributed by atoms with Crippen molar-refractivity contribution in [1.29, 1.82) is 0 Å². The van der Waals surface area contributed by atoms with Crippen LogP contribution in [-0.4, -0.2) is 44.8 Å². The average Bonchev–Trinajstić information content (AvgIpc) is 3.01. The number of anilines is 1. The van der Waals surface area contributed by atoms with Crippen LogP contribution in [0.25, 0.3) is 0 Å². The maximum Gasteiger partial charge on any atom is 0.264 e. The molecule has 0 aliphatic rings. The summed E-state index contributed by atoms with van der Waals surface area (Å²) in [4.78, 5) is 29.2. The van der Waals surface area contributed by atoms with Crippen LogP contribution in [0, 0.1) is 20.8 Å². The molecule has 230 valence electrons. The Morgan fingerprint density at radius 3 is 2.09 bits per heavy atom. The van der Waals surface area contributed by atoms with Crippen LogP contribution in [0.2, 0.25) is 10.0 Å². The highest BCUT2D eigenvalue weighted by atomic mass is 35.5. The molecule has 1 atom stereocenters. The summed E-state index contributed by atoms with van der Waals surface area (Å²) in [5.74, 6) is -0.948. The number of likely N-dealkylation sites (N-methyl/N-ethyl adjacent to an activating group) is 1. The summed E-state index contributed by atoms with van der Waals surface area (Å²) in [7, 11) is -2.67. The molecule has 0 aliphatic heterocycles. The Kier molecular flexibility index (Phi) is 10.7. The number of halogens is 2. The molecule has 0 heterocycles. The van der Waals surface area contributed by atoms with E-state index in [1.165, 1.54) is 24.1 Å². The third-order valence-corrected chi connectivity index (χ3v) is 10.0. The smallest absolute Gasteiger partial charge is 0.264 e. The van der Waals surface area contributed by atoms with Gasteiger partial charge in [0.25, 0.3) is 10.0 Å². The lowest BCUT2D eigenvalue weighted by atomic mass is 10.0. The lowest BCUT2D eigenvalue weighted by Crippen LogP contribution is -2.53. The van der Waals surface area contributed by atoms with E-state index in [4.69, 9.17) is 23.2 Å². The number of nitrogens with one attached hydrogen (secondary N) is 1. The maximum absolute atomic E-state index is 14.4. The van der Waals surface area contributed by atoms with Gasteiger partial charge in [0.15, 0.2) is 0 Å². The molecule has 1 N–H and O–H groups in total. The number of rotatable bonds is 11. The van der Waals surface area contributed by atoms with Crippen molar-refractivity contribution < 1.29 is 18.0 Å². The monoisotopic (exact) mass is 651 g/mol. The summed E-state index contributed by atoms with van der Waals surface area (Å²) >= 11 is 12.5. The summed E-state index contributed by atoms with van der Waals surface area (Å²) in [5.41, 5.74) is 4.58. The molecule has 0 saturated carbocycles. The van der Waals surface area contributed by atoms with Crippen molar-refractivity contribution in [3.8, 4) is 0 Å². The molecule has 0 fully saturated rings. The zero-order valence-electron chi connectivity index (χ0n) is 25.1. The number of hydrogen-bond acceptors (Lipinski definition) is 4.